The average molecular weight is 465 g/mol. The molecule has 148 valence electrons. The van der Waals surface area contributed by atoms with Crippen LogP contribution in [-0.2, 0) is 11.3 Å². The second-order valence-corrected chi connectivity index (χ2v) is 21.9. The number of ether oxygens (including phenoxy) is 1. The molecule has 0 spiro atoms. The summed E-state index contributed by atoms with van der Waals surface area (Å²) in [5.74, 6) is 0. The standard InChI is InChI=1S/C12H15O.3C4H9.Sn/c1-11(2)8-9-13-10-12-6-4-3-5-7-12;3*1-3-4-2;/h3-8H,1,9-10H2,2H3;3*1,3-4H2,2H3;/b11-8-;;;;. The van der Waals surface area contributed by atoms with Gasteiger partial charge in [0.25, 0.3) is 0 Å². The Labute approximate surface area is 167 Å². The van der Waals surface area contributed by atoms with Gasteiger partial charge in [0.15, 0.2) is 0 Å². The first-order valence-corrected chi connectivity index (χ1v) is 19.0. The fourth-order valence-electron chi connectivity index (χ4n) is 3.91. The molecule has 0 aromatic heterocycles. The van der Waals surface area contributed by atoms with Crippen molar-refractivity contribution in [1.29, 1.82) is 0 Å². The van der Waals surface area contributed by atoms with E-state index in [0.717, 1.165) is 13.2 Å². The zero-order chi connectivity index (χ0) is 19.1. The minimum absolute atomic E-state index is 0.723. The Morgan fingerprint density at radius 3 is 1.92 bits per heavy atom. The maximum absolute atomic E-state index is 5.90. The Bertz CT molecular complexity index is 458. The van der Waals surface area contributed by atoms with Gasteiger partial charge in [-0.3, -0.25) is 0 Å². The summed E-state index contributed by atoms with van der Waals surface area (Å²) >= 11 is -2.03. The van der Waals surface area contributed by atoms with Crippen LogP contribution in [-0.4, -0.2) is 25.0 Å². The summed E-state index contributed by atoms with van der Waals surface area (Å²) in [6.07, 6.45) is 10.8. The van der Waals surface area contributed by atoms with Gasteiger partial charge >= 0.3 is 168 Å². The van der Waals surface area contributed by atoms with Crippen LogP contribution in [0, 0.1) is 0 Å². The van der Waals surface area contributed by atoms with Crippen molar-refractivity contribution < 1.29 is 4.74 Å². The number of hydrogen-bond acceptors (Lipinski definition) is 1. The van der Waals surface area contributed by atoms with Gasteiger partial charge in [-0.25, -0.2) is 0 Å². The summed E-state index contributed by atoms with van der Waals surface area (Å²) in [6.45, 7) is 10.9. The Morgan fingerprint density at radius 1 is 0.885 bits per heavy atom. The molecule has 0 saturated heterocycles. The van der Waals surface area contributed by atoms with Crippen LogP contribution in [0.5, 0.6) is 0 Å². The molecule has 1 aromatic carbocycles. The van der Waals surface area contributed by atoms with E-state index in [1.807, 2.05) is 0 Å². The summed E-state index contributed by atoms with van der Waals surface area (Å²) in [5.41, 5.74) is 2.87. The van der Waals surface area contributed by atoms with E-state index in [1.165, 1.54) is 48.5 Å². The van der Waals surface area contributed by atoms with E-state index in [4.69, 9.17) is 4.74 Å². The van der Waals surface area contributed by atoms with Gasteiger partial charge in [-0.1, -0.05) is 0 Å². The number of hydrogen-bond donors (Lipinski definition) is 0. The molecule has 0 aliphatic rings. The van der Waals surface area contributed by atoms with Crippen molar-refractivity contribution >= 4 is 18.4 Å². The second kappa shape index (κ2) is 14.7. The fraction of sp³-hybridized carbons (Fsp3) is 0.667. The molecule has 0 amide bonds. The van der Waals surface area contributed by atoms with Crippen LogP contribution >= 0.6 is 0 Å². The molecule has 1 nitrogen and oxygen atoms in total. The first kappa shape index (κ1) is 23.8. The number of benzene rings is 1. The molecular weight excluding hydrogens is 423 g/mol. The molecule has 0 atom stereocenters. The molecule has 2 heteroatoms. The van der Waals surface area contributed by atoms with E-state index in [1.54, 1.807) is 18.9 Å². The van der Waals surface area contributed by atoms with E-state index in [2.05, 4.69) is 64.1 Å². The van der Waals surface area contributed by atoms with Crippen LogP contribution < -0.4 is 0 Å². The third-order valence-electron chi connectivity index (χ3n) is 5.50. The van der Waals surface area contributed by atoms with Gasteiger partial charge in [0, 0.05) is 0 Å². The SMILES string of the molecule is CCC[CH2][Sn]([CH2]CCC)([CH2]CCC)[CH2]/C(C)=C/COCc1ccccc1. The first-order valence-electron chi connectivity index (χ1n) is 10.9. The van der Waals surface area contributed by atoms with Crippen LogP contribution in [0.4, 0.5) is 0 Å². The molecule has 0 N–H and O–H groups in total. The molecule has 0 radical (unpaired) electrons. The normalized spacial score (nSPS) is 12.5. The van der Waals surface area contributed by atoms with E-state index >= 15 is 0 Å². The van der Waals surface area contributed by atoms with Gasteiger partial charge in [-0.2, -0.15) is 0 Å². The molecule has 0 aliphatic carbocycles. The van der Waals surface area contributed by atoms with Gasteiger partial charge in [-0.05, 0) is 0 Å². The van der Waals surface area contributed by atoms with Gasteiger partial charge in [0.1, 0.15) is 0 Å². The average Bonchev–Trinajstić information content (AvgIpc) is 2.67. The van der Waals surface area contributed by atoms with Crippen molar-refractivity contribution in [2.24, 2.45) is 0 Å². The number of rotatable bonds is 15. The monoisotopic (exact) mass is 466 g/mol. The molecule has 0 aliphatic heterocycles. The summed E-state index contributed by atoms with van der Waals surface area (Å²) in [4.78, 5) is 0. The van der Waals surface area contributed by atoms with Crippen molar-refractivity contribution in [3.63, 3.8) is 0 Å². The first-order chi connectivity index (χ1) is 12.7. The van der Waals surface area contributed by atoms with E-state index < -0.39 is 18.4 Å². The van der Waals surface area contributed by atoms with Gasteiger partial charge < -0.3 is 0 Å². The molecule has 0 unspecified atom stereocenters. The number of allylic oxidation sites excluding steroid dienone is 1. The van der Waals surface area contributed by atoms with Crippen LogP contribution in [0.1, 0.15) is 71.8 Å². The molecule has 1 aromatic rings. The van der Waals surface area contributed by atoms with Crippen molar-refractivity contribution in [2.45, 2.75) is 90.6 Å². The van der Waals surface area contributed by atoms with Crippen molar-refractivity contribution in [2.75, 3.05) is 6.61 Å². The fourth-order valence-corrected chi connectivity index (χ4v) is 20.8. The molecule has 0 bridgehead atoms. The molecule has 0 heterocycles. The van der Waals surface area contributed by atoms with Gasteiger partial charge in [-0.15, -0.1) is 0 Å². The molecule has 1 rings (SSSR count). The Kier molecular flexibility index (Phi) is 13.5. The minimum atomic E-state index is -2.03. The van der Waals surface area contributed by atoms with Crippen LogP contribution in [0.3, 0.4) is 0 Å². The summed E-state index contributed by atoms with van der Waals surface area (Å²) < 4.78 is 12.2. The summed E-state index contributed by atoms with van der Waals surface area (Å²) in [7, 11) is 0. The van der Waals surface area contributed by atoms with Gasteiger partial charge in [0.05, 0.1) is 0 Å². The molecule has 0 fully saturated rings. The number of unbranched alkanes of at least 4 members (excludes halogenated alkanes) is 3. The topological polar surface area (TPSA) is 9.23 Å². The van der Waals surface area contributed by atoms with Crippen molar-refractivity contribution in [3.05, 3.63) is 47.5 Å². The van der Waals surface area contributed by atoms with Crippen LogP contribution in [0.2, 0.25) is 17.7 Å². The molecular formula is C24H42OSn. The second-order valence-electron chi connectivity index (χ2n) is 8.04. The third-order valence-corrected chi connectivity index (χ3v) is 21.3. The summed E-state index contributed by atoms with van der Waals surface area (Å²) in [6, 6.07) is 10.5. The Balaban J connectivity index is 2.60. The van der Waals surface area contributed by atoms with Crippen molar-refractivity contribution in [3.8, 4) is 0 Å². The Morgan fingerprint density at radius 2 is 1.42 bits per heavy atom. The van der Waals surface area contributed by atoms with Crippen LogP contribution in [0.25, 0.3) is 0 Å². The van der Waals surface area contributed by atoms with E-state index in [0.29, 0.717) is 0 Å². The third kappa shape index (κ3) is 10.2. The van der Waals surface area contributed by atoms with Crippen LogP contribution in [0.15, 0.2) is 42.0 Å². The zero-order valence-electron chi connectivity index (χ0n) is 17.9. The predicted octanol–water partition coefficient (Wildman–Crippen LogP) is 8.00. The quantitative estimate of drug-likeness (QED) is 0.145. The van der Waals surface area contributed by atoms with Gasteiger partial charge in [0.2, 0.25) is 0 Å². The van der Waals surface area contributed by atoms with E-state index in [-0.39, 0.29) is 0 Å². The summed E-state index contributed by atoms with van der Waals surface area (Å²) in [5, 5.41) is 0. The van der Waals surface area contributed by atoms with E-state index in [9.17, 15) is 0 Å². The molecule has 26 heavy (non-hydrogen) atoms. The van der Waals surface area contributed by atoms with Crippen molar-refractivity contribution in [1.82, 2.24) is 0 Å². The predicted molar refractivity (Wildman–Crippen MR) is 120 cm³/mol. The maximum atomic E-state index is 5.90. The molecule has 0 saturated carbocycles. The zero-order valence-corrected chi connectivity index (χ0v) is 20.7. The Hall–Kier alpha value is -0.281.